The van der Waals surface area contributed by atoms with Crippen LogP contribution in [-0.2, 0) is 0 Å². The highest BCUT2D eigenvalue weighted by atomic mass is 16.5. The molecule has 3 aromatic rings. The molecular formula is C12H12N6O2. The molecule has 0 aliphatic carbocycles. The lowest BCUT2D eigenvalue weighted by atomic mass is 10.2. The fourth-order valence-electron chi connectivity index (χ4n) is 1.98. The molecule has 0 bridgehead atoms. The summed E-state index contributed by atoms with van der Waals surface area (Å²) in [4.78, 5) is 8.88. The molecule has 8 nitrogen and oxygen atoms in total. The van der Waals surface area contributed by atoms with Crippen molar-refractivity contribution >= 4 is 33.7 Å². The van der Waals surface area contributed by atoms with Gasteiger partial charge in [0.2, 0.25) is 0 Å². The van der Waals surface area contributed by atoms with Crippen LogP contribution in [0.3, 0.4) is 0 Å². The van der Waals surface area contributed by atoms with E-state index in [4.69, 9.17) is 20.9 Å². The van der Waals surface area contributed by atoms with E-state index < -0.39 is 0 Å². The summed E-state index contributed by atoms with van der Waals surface area (Å²) in [5, 5.41) is 7.48. The molecule has 102 valence electrons. The molecule has 0 atom stereocenters. The molecule has 8 heteroatoms. The van der Waals surface area contributed by atoms with Gasteiger partial charge in [-0.1, -0.05) is 0 Å². The third-order valence-electron chi connectivity index (χ3n) is 2.94. The fraction of sp³-hybridized carbons (Fsp3) is 0.167. The lowest BCUT2D eigenvalue weighted by molar-refractivity contribution is 0.409. The van der Waals surface area contributed by atoms with Gasteiger partial charge in [-0.2, -0.15) is 0 Å². The van der Waals surface area contributed by atoms with Gasteiger partial charge in [0.1, 0.15) is 33.6 Å². The first kappa shape index (κ1) is 12.2. The van der Waals surface area contributed by atoms with Crippen LogP contribution in [0.15, 0.2) is 12.1 Å². The molecular weight excluding hydrogens is 260 g/mol. The van der Waals surface area contributed by atoms with Crippen LogP contribution in [0.2, 0.25) is 0 Å². The monoisotopic (exact) mass is 272 g/mol. The highest BCUT2D eigenvalue weighted by Crippen LogP contribution is 2.33. The van der Waals surface area contributed by atoms with Gasteiger partial charge in [0.05, 0.1) is 14.2 Å². The molecule has 0 aliphatic heterocycles. The molecule has 2 heterocycles. The smallest absolute Gasteiger partial charge is 0.174 e. The maximum absolute atomic E-state index is 5.77. The molecule has 0 saturated heterocycles. The Kier molecular flexibility index (Phi) is 2.63. The van der Waals surface area contributed by atoms with Gasteiger partial charge in [0.15, 0.2) is 11.6 Å². The lowest BCUT2D eigenvalue weighted by Gasteiger charge is -2.10. The molecule has 4 N–H and O–H groups in total. The maximum atomic E-state index is 5.77. The fourth-order valence-corrected chi connectivity index (χ4v) is 1.98. The predicted molar refractivity (Wildman–Crippen MR) is 74.6 cm³/mol. The Morgan fingerprint density at radius 1 is 0.750 bits per heavy atom. The van der Waals surface area contributed by atoms with Crippen molar-refractivity contribution in [3.05, 3.63) is 12.1 Å². The van der Waals surface area contributed by atoms with Crippen LogP contribution in [0.5, 0.6) is 11.5 Å². The van der Waals surface area contributed by atoms with E-state index in [-0.39, 0.29) is 11.6 Å². The van der Waals surface area contributed by atoms with E-state index in [0.717, 1.165) is 0 Å². The van der Waals surface area contributed by atoms with Gasteiger partial charge in [-0.15, -0.1) is 10.2 Å². The van der Waals surface area contributed by atoms with Crippen molar-refractivity contribution in [3.63, 3.8) is 0 Å². The number of rotatable bonds is 2. The molecule has 2 aromatic heterocycles. The molecule has 0 fully saturated rings. The van der Waals surface area contributed by atoms with Crippen LogP contribution in [0.4, 0.5) is 11.6 Å². The van der Waals surface area contributed by atoms with Gasteiger partial charge < -0.3 is 20.9 Å². The minimum absolute atomic E-state index is 0.161. The van der Waals surface area contributed by atoms with E-state index in [2.05, 4.69) is 20.2 Å². The molecule has 0 radical (unpaired) electrons. The highest BCUT2D eigenvalue weighted by molar-refractivity contribution is 5.99. The topological polar surface area (TPSA) is 122 Å². The van der Waals surface area contributed by atoms with Crippen molar-refractivity contribution in [2.75, 3.05) is 25.7 Å². The number of methoxy groups -OCH3 is 2. The normalized spacial score (nSPS) is 10.9. The number of ether oxygens (including phenoxy) is 2. The van der Waals surface area contributed by atoms with Crippen LogP contribution in [0, 0.1) is 0 Å². The number of anilines is 2. The van der Waals surface area contributed by atoms with Crippen molar-refractivity contribution in [3.8, 4) is 11.5 Å². The molecule has 3 rings (SSSR count). The van der Waals surface area contributed by atoms with Gasteiger partial charge >= 0.3 is 0 Å². The molecule has 1 aromatic carbocycles. The van der Waals surface area contributed by atoms with Gasteiger partial charge in [0, 0.05) is 0 Å². The largest absolute Gasteiger partial charge is 0.494 e. The van der Waals surface area contributed by atoms with E-state index in [9.17, 15) is 0 Å². The minimum atomic E-state index is 0.161. The highest BCUT2D eigenvalue weighted by Gasteiger charge is 2.15. The maximum Gasteiger partial charge on any atom is 0.174 e. The second-order valence-electron chi connectivity index (χ2n) is 4.06. The second kappa shape index (κ2) is 4.34. The number of nitrogens with two attached hydrogens (primary N) is 2. The first-order chi connectivity index (χ1) is 9.65. The van der Waals surface area contributed by atoms with Gasteiger partial charge in [-0.25, -0.2) is 9.97 Å². The van der Waals surface area contributed by atoms with Crippen LogP contribution in [0.1, 0.15) is 0 Å². The average Bonchev–Trinajstić information content (AvgIpc) is 2.48. The minimum Gasteiger partial charge on any atom is -0.494 e. The summed E-state index contributed by atoms with van der Waals surface area (Å²) in [5.74, 6) is 1.44. The molecule has 20 heavy (non-hydrogen) atoms. The zero-order valence-corrected chi connectivity index (χ0v) is 10.9. The summed E-state index contributed by atoms with van der Waals surface area (Å²) in [5.41, 5.74) is 13.4. The Balaban J connectivity index is 2.52. The first-order valence-corrected chi connectivity index (χ1v) is 5.75. The van der Waals surface area contributed by atoms with E-state index in [1.54, 1.807) is 26.4 Å². The molecule has 0 spiro atoms. The zero-order valence-electron chi connectivity index (χ0n) is 10.9. The van der Waals surface area contributed by atoms with Crippen molar-refractivity contribution < 1.29 is 9.47 Å². The van der Waals surface area contributed by atoms with Crippen LogP contribution < -0.4 is 20.9 Å². The van der Waals surface area contributed by atoms with Crippen molar-refractivity contribution in [2.24, 2.45) is 0 Å². The summed E-state index contributed by atoms with van der Waals surface area (Å²) in [7, 11) is 3.10. The summed E-state index contributed by atoms with van der Waals surface area (Å²) in [6.45, 7) is 0. The molecule has 0 aliphatic rings. The van der Waals surface area contributed by atoms with E-state index in [0.29, 0.717) is 33.6 Å². The second-order valence-corrected chi connectivity index (χ2v) is 4.06. The van der Waals surface area contributed by atoms with E-state index in [1.165, 1.54) is 0 Å². The van der Waals surface area contributed by atoms with E-state index >= 15 is 0 Å². The summed E-state index contributed by atoms with van der Waals surface area (Å²) < 4.78 is 10.6. The number of hydrogen-bond donors (Lipinski definition) is 2. The van der Waals surface area contributed by atoms with Gasteiger partial charge in [-0.05, 0) is 12.1 Å². The first-order valence-electron chi connectivity index (χ1n) is 5.75. The summed E-state index contributed by atoms with van der Waals surface area (Å²) in [6, 6.07) is 3.49. The van der Waals surface area contributed by atoms with Crippen molar-refractivity contribution in [2.45, 2.75) is 0 Å². The van der Waals surface area contributed by atoms with Gasteiger partial charge in [-0.3, -0.25) is 0 Å². The number of hydrogen-bond acceptors (Lipinski definition) is 8. The van der Waals surface area contributed by atoms with Crippen molar-refractivity contribution in [1.29, 1.82) is 0 Å². The zero-order chi connectivity index (χ0) is 14.3. The quantitative estimate of drug-likeness (QED) is 0.655. The number of aromatic nitrogens is 4. The average molecular weight is 272 g/mol. The van der Waals surface area contributed by atoms with Crippen LogP contribution in [0.25, 0.3) is 22.1 Å². The third kappa shape index (κ3) is 1.62. The molecule has 0 saturated carbocycles. The number of nitrogen functional groups attached to an aromatic ring is 2. The number of nitrogens with zero attached hydrogens (tertiary/aromatic N) is 4. The van der Waals surface area contributed by atoms with Crippen molar-refractivity contribution in [1.82, 2.24) is 20.2 Å². The Hall–Kier alpha value is -2.90. The van der Waals surface area contributed by atoms with Crippen LogP contribution >= 0.6 is 0 Å². The SMILES string of the molecule is COc1ccc(OC)c2nc3c(N)nnc(N)c3nc12. The van der Waals surface area contributed by atoms with E-state index in [1.807, 2.05) is 0 Å². The number of benzene rings is 1. The standard InChI is InChI=1S/C12H12N6O2/c1-19-5-3-4-6(20-2)8-7(5)15-9-10(16-8)12(14)18-17-11(9)13/h3-4H,1-2H3,(H2,13,17)(H2,14,18). The number of fused-ring (bicyclic) bond motifs is 2. The Bertz CT molecular complexity index is 752. The Labute approximate surface area is 113 Å². The summed E-state index contributed by atoms with van der Waals surface area (Å²) in [6.07, 6.45) is 0. The molecule has 0 unspecified atom stereocenters. The van der Waals surface area contributed by atoms with Crippen LogP contribution in [-0.4, -0.2) is 34.4 Å². The Morgan fingerprint density at radius 2 is 1.15 bits per heavy atom. The lowest BCUT2D eigenvalue weighted by Crippen LogP contribution is -2.04. The summed E-state index contributed by atoms with van der Waals surface area (Å²) >= 11 is 0. The molecule has 0 amide bonds. The third-order valence-corrected chi connectivity index (χ3v) is 2.94. The van der Waals surface area contributed by atoms with Gasteiger partial charge in [0.25, 0.3) is 0 Å². The predicted octanol–water partition coefficient (Wildman–Crippen LogP) is 0.755. The Morgan fingerprint density at radius 3 is 1.50 bits per heavy atom.